The average molecular weight is 312 g/mol. The fourth-order valence-electron chi connectivity index (χ4n) is 1.71. The third-order valence-electron chi connectivity index (χ3n) is 2.74. The van der Waals surface area contributed by atoms with Crippen LogP contribution in [0.3, 0.4) is 0 Å². The summed E-state index contributed by atoms with van der Waals surface area (Å²) in [6, 6.07) is 12.9. The topological polar surface area (TPSA) is 46.6 Å². The van der Waals surface area contributed by atoms with Crippen molar-refractivity contribution in [2.24, 2.45) is 0 Å². The van der Waals surface area contributed by atoms with Gasteiger partial charge in [-0.2, -0.15) is 8.42 Å². The highest BCUT2D eigenvalue weighted by Crippen LogP contribution is 2.25. The molecule has 4 nitrogen and oxygen atoms in total. The van der Waals surface area contributed by atoms with Crippen molar-refractivity contribution in [1.29, 1.82) is 0 Å². The van der Waals surface area contributed by atoms with Crippen LogP contribution in [0.25, 0.3) is 0 Å². The van der Waals surface area contributed by atoms with Crippen molar-refractivity contribution in [3.63, 3.8) is 0 Å². The van der Waals surface area contributed by atoms with Gasteiger partial charge in [-0.25, -0.2) is 0 Å². The molecular formula is C14H14ClNO3S. The highest BCUT2D eigenvalue weighted by Gasteiger charge is 2.25. The number of aryl methyl sites for hydroxylation is 1. The predicted octanol–water partition coefficient (Wildman–Crippen LogP) is 3.41. The number of sulfonamides is 1. The molecule has 0 N–H and O–H groups in total. The highest BCUT2D eigenvalue weighted by atomic mass is 35.5. The summed E-state index contributed by atoms with van der Waals surface area (Å²) in [5.41, 5.74) is 1.37. The van der Waals surface area contributed by atoms with Crippen LogP contribution in [-0.2, 0) is 14.9 Å². The standard InChI is InChI=1S/C14H14ClNO3S/c1-11-3-9-14(10-4-11)20(17,18)16(19-2)13-7-5-12(15)6-8-13/h3-10H,1-2H3. The number of rotatable bonds is 4. The van der Waals surface area contributed by atoms with E-state index >= 15 is 0 Å². The lowest BCUT2D eigenvalue weighted by molar-refractivity contribution is 0.216. The average Bonchev–Trinajstić information content (AvgIpc) is 2.42. The molecule has 0 fully saturated rings. The van der Waals surface area contributed by atoms with Gasteiger partial charge in [0.25, 0.3) is 10.0 Å². The monoisotopic (exact) mass is 311 g/mol. The second-order valence-electron chi connectivity index (χ2n) is 4.20. The maximum Gasteiger partial charge on any atom is 0.286 e. The fourth-order valence-corrected chi connectivity index (χ4v) is 3.10. The normalized spacial score (nSPS) is 11.3. The molecule has 0 saturated carbocycles. The van der Waals surface area contributed by atoms with Crippen LogP contribution in [0.1, 0.15) is 5.56 Å². The van der Waals surface area contributed by atoms with Gasteiger partial charge >= 0.3 is 0 Å². The zero-order valence-electron chi connectivity index (χ0n) is 11.1. The summed E-state index contributed by atoms with van der Waals surface area (Å²) in [6.07, 6.45) is 0. The van der Waals surface area contributed by atoms with Crippen molar-refractivity contribution in [3.8, 4) is 0 Å². The minimum Gasteiger partial charge on any atom is -0.262 e. The molecule has 0 atom stereocenters. The summed E-state index contributed by atoms with van der Waals surface area (Å²) in [5.74, 6) is 0. The molecule has 0 aliphatic rings. The molecule has 0 radical (unpaired) electrons. The van der Waals surface area contributed by atoms with E-state index in [0.29, 0.717) is 10.7 Å². The SMILES string of the molecule is CON(c1ccc(Cl)cc1)S(=O)(=O)c1ccc(C)cc1. The van der Waals surface area contributed by atoms with E-state index < -0.39 is 10.0 Å². The van der Waals surface area contributed by atoms with Crippen LogP contribution in [0.4, 0.5) is 5.69 Å². The van der Waals surface area contributed by atoms with Crippen molar-refractivity contribution in [1.82, 2.24) is 0 Å². The van der Waals surface area contributed by atoms with E-state index in [9.17, 15) is 8.42 Å². The quantitative estimate of drug-likeness (QED) is 0.813. The van der Waals surface area contributed by atoms with Gasteiger partial charge in [-0.3, -0.25) is 4.84 Å². The molecule has 0 aromatic heterocycles. The smallest absolute Gasteiger partial charge is 0.262 e. The molecule has 0 aliphatic heterocycles. The maximum absolute atomic E-state index is 12.5. The van der Waals surface area contributed by atoms with E-state index in [0.717, 1.165) is 10.0 Å². The van der Waals surface area contributed by atoms with Gasteiger partial charge in [0, 0.05) is 5.02 Å². The van der Waals surface area contributed by atoms with Gasteiger partial charge in [0.2, 0.25) is 0 Å². The molecule has 6 heteroatoms. The molecule has 106 valence electrons. The molecule has 0 spiro atoms. The zero-order chi connectivity index (χ0) is 14.8. The van der Waals surface area contributed by atoms with Gasteiger partial charge in [0.15, 0.2) is 0 Å². The van der Waals surface area contributed by atoms with Crippen LogP contribution >= 0.6 is 11.6 Å². The number of hydrogen-bond acceptors (Lipinski definition) is 3. The Kier molecular flexibility index (Phi) is 4.32. The van der Waals surface area contributed by atoms with Gasteiger partial charge in [-0.1, -0.05) is 29.3 Å². The Bertz CT molecular complexity index is 681. The molecule has 0 bridgehead atoms. The first-order valence-corrected chi connectivity index (χ1v) is 7.68. The third kappa shape index (κ3) is 2.95. The van der Waals surface area contributed by atoms with Crippen molar-refractivity contribution in [3.05, 3.63) is 59.1 Å². The van der Waals surface area contributed by atoms with Crippen molar-refractivity contribution < 1.29 is 13.3 Å². The van der Waals surface area contributed by atoms with E-state index in [1.807, 2.05) is 6.92 Å². The molecule has 0 saturated heterocycles. The Morgan fingerprint density at radius 3 is 2.05 bits per heavy atom. The molecule has 0 heterocycles. The summed E-state index contributed by atoms with van der Waals surface area (Å²) in [5, 5.41) is 0.525. The summed E-state index contributed by atoms with van der Waals surface area (Å²) in [4.78, 5) is 5.19. The summed E-state index contributed by atoms with van der Waals surface area (Å²) in [6.45, 7) is 1.89. The second-order valence-corrected chi connectivity index (χ2v) is 6.39. The number of benzene rings is 2. The molecule has 20 heavy (non-hydrogen) atoms. The van der Waals surface area contributed by atoms with Gasteiger partial charge in [0.1, 0.15) is 0 Å². The Morgan fingerprint density at radius 1 is 1.00 bits per heavy atom. The van der Waals surface area contributed by atoms with Crippen LogP contribution in [0, 0.1) is 6.92 Å². The van der Waals surface area contributed by atoms with Crippen LogP contribution < -0.4 is 4.47 Å². The molecule has 2 rings (SSSR count). The maximum atomic E-state index is 12.5. The zero-order valence-corrected chi connectivity index (χ0v) is 12.6. The minimum absolute atomic E-state index is 0.167. The van der Waals surface area contributed by atoms with E-state index in [4.69, 9.17) is 16.4 Å². The lowest BCUT2D eigenvalue weighted by atomic mass is 10.2. The highest BCUT2D eigenvalue weighted by molar-refractivity contribution is 7.92. The van der Waals surface area contributed by atoms with Crippen LogP contribution in [0.2, 0.25) is 5.02 Å². The van der Waals surface area contributed by atoms with Crippen LogP contribution in [0.15, 0.2) is 53.4 Å². The van der Waals surface area contributed by atoms with E-state index in [2.05, 4.69) is 0 Å². The first-order valence-electron chi connectivity index (χ1n) is 5.87. The second kappa shape index (κ2) is 5.83. The number of anilines is 1. The van der Waals surface area contributed by atoms with Crippen molar-refractivity contribution >= 4 is 27.3 Å². The minimum atomic E-state index is -3.77. The first-order chi connectivity index (χ1) is 9.45. The Hall–Kier alpha value is -1.56. The summed E-state index contributed by atoms with van der Waals surface area (Å²) in [7, 11) is -2.46. The Morgan fingerprint density at radius 2 is 1.55 bits per heavy atom. The lowest BCUT2D eigenvalue weighted by Crippen LogP contribution is -2.29. The predicted molar refractivity (Wildman–Crippen MR) is 79.3 cm³/mol. The summed E-state index contributed by atoms with van der Waals surface area (Å²) >= 11 is 5.80. The number of nitrogens with zero attached hydrogens (tertiary/aromatic N) is 1. The fraction of sp³-hybridized carbons (Fsp3) is 0.143. The Labute approximate surface area is 123 Å². The summed E-state index contributed by atoms with van der Waals surface area (Å²) < 4.78 is 25.9. The first kappa shape index (κ1) is 14.8. The Balaban J connectivity index is 2.44. The molecule has 0 unspecified atom stereocenters. The van der Waals surface area contributed by atoms with E-state index in [-0.39, 0.29) is 4.90 Å². The van der Waals surface area contributed by atoms with Gasteiger partial charge in [0.05, 0.1) is 17.7 Å². The van der Waals surface area contributed by atoms with Crippen LogP contribution in [-0.4, -0.2) is 15.5 Å². The van der Waals surface area contributed by atoms with Crippen molar-refractivity contribution in [2.45, 2.75) is 11.8 Å². The van der Waals surface area contributed by atoms with E-state index in [1.165, 1.54) is 7.11 Å². The van der Waals surface area contributed by atoms with Crippen LogP contribution in [0.5, 0.6) is 0 Å². The third-order valence-corrected chi connectivity index (χ3v) is 4.66. The van der Waals surface area contributed by atoms with Gasteiger partial charge in [-0.05, 0) is 43.3 Å². The van der Waals surface area contributed by atoms with Gasteiger partial charge in [-0.15, -0.1) is 4.47 Å². The van der Waals surface area contributed by atoms with Gasteiger partial charge < -0.3 is 0 Å². The molecule has 0 amide bonds. The number of halogens is 1. The molecular weight excluding hydrogens is 298 g/mol. The largest absolute Gasteiger partial charge is 0.286 e. The molecule has 2 aromatic rings. The van der Waals surface area contributed by atoms with E-state index in [1.54, 1.807) is 48.5 Å². The van der Waals surface area contributed by atoms with Crippen molar-refractivity contribution in [2.75, 3.05) is 11.6 Å². The molecule has 2 aromatic carbocycles. The number of hydrogen-bond donors (Lipinski definition) is 0. The lowest BCUT2D eigenvalue weighted by Gasteiger charge is -2.21. The molecule has 0 aliphatic carbocycles.